The van der Waals surface area contributed by atoms with E-state index in [4.69, 9.17) is 11.6 Å². The number of nitrogens with zero attached hydrogens (tertiary/aromatic N) is 6. The third kappa shape index (κ3) is 5.68. The van der Waals surface area contributed by atoms with Crippen molar-refractivity contribution in [2.45, 2.75) is 50.3 Å². The molecule has 5 rings (SSSR count). The number of hydrogen-bond acceptors (Lipinski definition) is 7. The van der Waals surface area contributed by atoms with Gasteiger partial charge < -0.3 is 15.3 Å². The van der Waals surface area contributed by atoms with Crippen molar-refractivity contribution in [3.8, 4) is 5.69 Å². The maximum Gasteiger partial charge on any atom is 0.247 e. The van der Waals surface area contributed by atoms with Gasteiger partial charge in [0.25, 0.3) is 0 Å². The van der Waals surface area contributed by atoms with E-state index in [1.807, 2.05) is 30.3 Å². The molecule has 1 aliphatic heterocycles. The van der Waals surface area contributed by atoms with Crippen LogP contribution >= 0.6 is 11.6 Å². The molecule has 0 spiro atoms. The molecule has 2 aliphatic rings. The van der Waals surface area contributed by atoms with E-state index in [9.17, 15) is 19.5 Å². The number of aromatic nitrogens is 4. The first-order valence-electron chi connectivity index (χ1n) is 12.5. The van der Waals surface area contributed by atoms with E-state index in [-0.39, 0.29) is 49.4 Å². The quantitative estimate of drug-likeness (QED) is 0.467. The molecule has 1 saturated carbocycles. The van der Waals surface area contributed by atoms with Gasteiger partial charge in [-0.25, -0.2) is 0 Å². The second-order valence-corrected chi connectivity index (χ2v) is 10.0. The van der Waals surface area contributed by atoms with Crippen LogP contribution in [-0.2, 0) is 20.8 Å². The summed E-state index contributed by atoms with van der Waals surface area (Å²) in [5.74, 6) is -1.02. The molecule has 0 radical (unpaired) electrons. The van der Waals surface area contributed by atoms with E-state index in [2.05, 4.69) is 20.8 Å². The average molecular weight is 538 g/mol. The topological polar surface area (TPSA) is 134 Å². The van der Waals surface area contributed by atoms with Crippen LogP contribution in [0.25, 0.3) is 5.69 Å². The van der Waals surface area contributed by atoms with Gasteiger partial charge in [0.1, 0.15) is 25.5 Å². The largest absolute Gasteiger partial charge is 0.393 e. The molecule has 12 heteroatoms. The van der Waals surface area contributed by atoms with Crippen LogP contribution in [-0.4, -0.2) is 79.2 Å². The highest BCUT2D eigenvalue weighted by Gasteiger charge is 2.39. The monoisotopic (exact) mass is 537 g/mol. The summed E-state index contributed by atoms with van der Waals surface area (Å²) in [5, 5.41) is 24.5. The number of nitrogens with one attached hydrogen (secondary N) is 1. The number of rotatable bonds is 7. The number of anilines is 1. The lowest BCUT2D eigenvalue weighted by atomic mass is 9.92. The SMILES string of the molecule is O=C(NC1CCC(O)CC1)C(Cc1ccccc1)N1CC(=O)N(c2cc(Cl)ccc2-n2cnnn2)CC1=O. The molecule has 38 heavy (non-hydrogen) atoms. The summed E-state index contributed by atoms with van der Waals surface area (Å²) in [6.07, 6.45) is 3.88. The number of carbonyl (C=O) groups excluding carboxylic acids is 3. The third-order valence-corrected chi connectivity index (χ3v) is 7.27. The van der Waals surface area contributed by atoms with Gasteiger partial charge in [-0.2, -0.15) is 4.68 Å². The fourth-order valence-electron chi connectivity index (χ4n) is 5.01. The maximum absolute atomic E-state index is 13.5. The normalized spacial score (nSPS) is 20.9. The van der Waals surface area contributed by atoms with Crippen LogP contribution in [0.1, 0.15) is 31.2 Å². The van der Waals surface area contributed by atoms with E-state index < -0.39 is 6.04 Å². The summed E-state index contributed by atoms with van der Waals surface area (Å²) < 4.78 is 1.39. The van der Waals surface area contributed by atoms with Gasteiger partial charge in [0.05, 0.1) is 17.5 Å². The highest BCUT2D eigenvalue weighted by atomic mass is 35.5. The summed E-state index contributed by atoms with van der Waals surface area (Å²) in [5.41, 5.74) is 1.77. The molecule has 1 unspecified atom stereocenters. The predicted octanol–water partition coefficient (Wildman–Crippen LogP) is 1.52. The number of amides is 3. The van der Waals surface area contributed by atoms with E-state index in [0.29, 0.717) is 42.1 Å². The molecule has 1 atom stereocenters. The number of aliphatic hydroxyl groups excluding tert-OH is 1. The molecular weight excluding hydrogens is 510 g/mol. The van der Waals surface area contributed by atoms with Crippen LogP contribution in [0.4, 0.5) is 5.69 Å². The van der Waals surface area contributed by atoms with Crippen molar-refractivity contribution in [1.82, 2.24) is 30.4 Å². The number of benzene rings is 2. The van der Waals surface area contributed by atoms with Crippen LogP contribution in [0.5, 0.6) is 0 Å². The molecule has 1 aliphatic carbocycles. The van der Waals surface area contributed by atoms with Gasteiger partial charge in [-0.3, -0.25) is 19.3 Å². The molecular formula is C26H28ClN7O4. The molecule has 1 saturated heterocycles. The molecule has 1 aromatic heterocycles. The van der Waals surface area contributed by atoms with Gasteiger partial charge in [0, 0.05) is 17.5 Å². The Bertz CT molecular complexity index is 1300. The number of tetrazole rings is 1. The first-order chi connectivity index (χ1) is 18.4. The summed E-state index contributed by atoms with van der Waals surface area (Å²) in [6.45, 7) is -0.531. The van der Waals surface area contributed by atoms with Crippen LogP contribution in [0.2, 0.25) is 5.02 Å². The first-order valence-corrected chi connectivity index (χ1v) is 12.9. The van der Waals surface area contributed by atoms with Crippen molar-refractivity contribution in [1.29, 1.82) is 0 Å². The van der Waals surface area contributed by atoms with Crippen molar-refractivity contribution in [3.05, 3.63) is 65.4 Å². The lowest BCUT2D eigenvalue weighted by Crippen LogP contribution is -2.61. The van der Waals surface area contributed by atoms with Crippen molar-refractivity contribution in [2.24, 2.45) is 0 Å². The Morgan fingerprint density at radius 1 is 1.03 bits per heavy atom. The molecule has 2 aromatic carbocycles. The molecule has 0 bridgehead atoms. The number of hydrogen-bond donors (Lipinski definition) is 2. The Hall–Kier alpha value is -3.83. The van der Waals surface area contributed by atoms with Gasteiger partial charge in [-0.05, 0) is 59.9 Å². The molecule has 2 fully saturated rings. The van der Waals surface area contributed by atoms with Crippen LogP contribution < -0.4 is 10.2 Å². The highest BCUT2D eigenvalue weighted by Crippen LogP contribution is 2.30. The smallest absolute Gasteiger partial charge is 0.247 e. The van der Waals surface area contributed by atoms with Crippen molar-refractivity contribution in [3.63, 3.8) is 0 Å². The number of halogens is 1. The van der Waals surface area contributed by atoms with Crippen LogP contribution in [0, 0.1) is 0 Å². The van der Waals surface area contributed by atoms with Crippen molar-refractivity contribution in [2.75, 3.05) is 18.0 Å². The fraction of sp³-hybridized carbons (Fsp3) is 0.385. The Kier molecular flexibility index (Phi) is 7.66. The predicted molar refractivity (Wildman–Crippen MR) is 139 cm³/mol. The Morgan fingerprint density at radius 2 is 1.79 bits per heavy atom. The zero-order chi connectivity index (χ0) is 26.6. The molecule has 3 amide bonds. The number of carbonyl (C=O) groups is 3. The van der Waals surface area contributed by atoms with Crippen molar-refractivity contribution < 1.29 is 19.5 Å². The van der Waals surface area contributed by atoms with Gasteiger partial charge in [0.2, 0.25) is 17.7 Å². The second kappa shape index (κ2) is 11.3. The van der Waals surface area contributed by atoms with E-state index in [1.54, 1.807) is 18.2 Å². The molecule has 2 heterocycles. The highest BCUT2D eigenvalue weighted by molar-refractivity contribution is 6.31. The zero-order valence-corrected chi connectivity index (χ0v) is 21.4. The lowest BCUT2D eigenvalue weighted by Gasteiger charge is -2.39. The van der Waals surface area contributed by atoms with Crippen molar-refractivity contribution >= 4 is 35.0 Å². The standard InChI is InChI=1S/C26H28ClN7O4/c27-18-6-11-21(34-16-28-30-31-34)22(13-18)32-14-25(37)33(15-24(32)36)23(12-17-4-2-1-3-5-17)26(38)29-19-7-9-20(35)10-8-19/h1-6,11,13,16,19-20,23,35H,7-10,12,14-15H2,(H,29,38). The first kappa shape index (κ1) is 25.8. The Balaban J connectivity index is 1.39. The van der Waals surface area contributed by atoms with Gasteiger partial charge in [0.15, 0.2) is 0 Å². The average Bonchev–Trinajstić information content (AvgIpc) is 3.45. The summed E-state index contributed by atoms with van der Waals surface area (Å²) >= 11 is 6.23. The Morgan fingerprint density at radius 3 is 2.50 bits per heavy atom. The van der Waals surface area contributed by atoms with Gasteiger partial charge in [-0.15, -0.1) is 5.10 Å². The molecule has 2 N–H and O–H groups in total. The summed E-state index contributed by atoms with van der Waals surface area (Å²) in [6, 6.07) is 13.4. The van der Waals surface area contributed by atoms with E-state index in [0.717, 1.165) is 5.56 Å². The van der Waals surface area contributed by atoms with Gasteiger partial charge >= 0.3 is 0 Å². The fourth-order valence-corrected chi connectivity index (χ4v) is 5.18. The Labute approximate surface area is 224 Å². The number of aliphatic hydroxyl groups is 1. The summed E-state index contributed by atoms with van der Waals surface area (Å²) in [7, 11) is 0. The van der Waals surface area contributed by atoms with Gasteiger partial charge in [-0.1, -0.05) is 41.9 Å². The molecule has 198 valence electrons. The zero-order valence-electron chi connectivity index (χ0n) is 20.6. The maximum atomic E-state index is 13.5. The number of piperazine rings is 1. The minimum atomic E-state index is -0.860. The van der Waals surface area contributed by atoms with E-state index >= 15 is 0 Å². The summed E-state index contributed by atoms with van der Waals surface area (Å²) in [4.78, 5) is 43.2. The van der Waals surface area contributed by atoms with Crippen LogP contribution in [0.15, 0.2) is 54.9 Å². The minimum Gasteiger partial charge on any atom is -0.393 e. The van der Waals surface area contributed by atoms with E-state index in [1.165, 1.54) is 20.8 Å². The molecule has 3 aromatic rings. The molecule has 11 nitrogen and oxygen atoms in total. The second-order valence-electron chi connectivity index (χ2n) is 9.61. The third-order valence-electron chi connectivity index (χ3n) is 7.04. The lowest BCUT2D eigenvalue weighted by molar-refractivity contribution is -0.145. The van der Waals surface area contributed by atoms with Crippen LogP contribution in [0.3, 0.4) is 0 Å². The minimum absolute atomic E-state index is 0.0819.